The molecule has 1 fully saturated rings. The molecule has 4 nitrogen and oxygen atoms in total. The number of rotatable bonds is 2. The van der Waals surface area contributed by atoms with Crippen LogP contribution >= 0.6 is 0 Å². The van der Waals surface area contributed by atoms with E-state index in [0.29, 0.717) is 12.8 Å². The van der Waals surface area contributed by atoms with Gasteiger partial charge in [0, 0.05) is 7.05 Å². The topological polar surface area (TPSA) is 49.8 Å². The van der Waals surface area contributed by atoms with Gasteiger partial charge in [-0.3, -0.25) is 14.6 Å². The molecule has 0 amide bonds. The van der Waals surface area contributed by atoms with Crippen LogP contribution in [-0.4, -0.2) is 16.8 Å². The predicted octanol–water partition coefficient (Wildman–Crippen LogP) is 1.96. The highest BCUT2D eigenvalue weighted by Gasteiger charge is 2.41. The van der Waals surface area contributed by atoms with Gasteiger partial charge in [-0.2, -0.15) is 13.2 Å². The number of aromatic amines is 1. The molecule has 2 rings (SSSR count). The lowest BCUT2D eigenvalue weighted by molar-refractivity contribution is -0.145. The third kappa shape index (κ3) is 1.60. The van der Waals surface area contributed by atoms with E-state index in [2.05, 4.69) is 10.4 Å². The first kappa shape index (κ1) is 11.1. The molecular formula is C9H12F3N3O. The summed E-state index contributed by atoms with van der Waals surface area (Å²) in [5.74, 6) is 0. The highest BCUT2D eigenvalue weighted by Crippen LogP contribution is 2.39. The van der Waals surface area contributed by atoms with Gasteiger partial charge in [0.15, 0.2) is 5.69 Å². The first-order valence-electron chi connectivity index (χ1n) is 5.04. The van der Waals surface area contributed by atoms with Crippen LogP contribution in [0.15, 0.2) is 4.79 Å². The quantitative estimate of drug-likeness (QED) is 0.823. The van der Waals surface area contributed by atoms with E-state index in [9.17, 15) is 18.0 Å². The average molecular weight is 235 g/mol. The lowest BCUT2D eigenvalue weighted by Gasteiger charge is -2.28. The predicted molar refractivity (Wildman–Crippen MR) is 52.5 cm³/mol. The summed E-state index contributed by atoms with van der Waals surface area (Å²) in [6, 6.07) is -0.230. The summed E-state index contributed by atoms with van der Waals surface area (Å²) < 4.78 is 39.4. The van der Waals surface area contributed by atoms with Gasteiger partial charge in [-0.05, 0) is 19.3 Å². The summed E-state index contributed by atoms with van der Waals surface area (Å²) in [5, 5.41) is 4.56. The summed E-state index contributed by atoms with van der Waals surface area (Å²) in [4.78, 5) is 11.3. The molecule has 0 aliphatic heterocycles. The highest BCUT2D eigenvalue weighted by atomic mass is 19.4. The van der Waals surface area contributed by atoms with Crippen molar-refractivity contribution in [2.24, 2.45) is 0 Å². The van der Waals surface area contributed by atoms with E-state index in [4.69, 9.17) is 0 Å². The Kier molecular flexibility index (Phi) is 2.47. The van der Waals surface area contributed by atoms with Gasteiger partial charge in [0.1, 0.15) is 5.69 Å². The van der Waals surface area contributed by atoms with Gasteiger partial charge in [0.25, 0.3) is 5.56 Å². The van der Waals surface area contributed by atoms with Crippen LogP contribution in [0.3, 0.4) is 0 Å². The van der Waals surface area contributed by atoms with Crippen LogP contribution in [-0.2, 0) is 6.18 Å². The van der Waals surface area contributed by atoms with Gasteiger partial charge in [0.2, 0.25) is 0 Å². The highest BCUT2D eigenvalue weighted by molar-refractivity contribution is 5.47. The summed E-state index contributed by atoms with van der Waals surface area (Å²) in [5.41, 5.74) is -2.02. The van der Waals surface area contributed by atoms with E-state index in [1.807, 2.05) is 0 Å². The Labute approximate surface area is 89.4 Å². The fraction of sp³-hybridized carbons (Fsp3) is 0.667. The van der Waals surface area contributed by atoms with Crippen LogP contribution in [0, 0.1) is 0 Å². The van der Waals surface area contributed by atoms with Crippen molar-refractivity contribution in [3.63, 3.8) is 0 Å². The van der Waals surface area contributed by atoms with Gasteiger partial charge in [-0.25, -0.2) is 0 Å². The lowest BCUT2D eigenvalue weighted by Crippen LogP contribution is -2.24. The Morgan fingerprint density at radius 2 is 2.06 bits per heavy atom. The minimum Gasteiger partial charge on any atom is -0.382 e. The SMILES string of the molecule is CNc1c(C(F)(F)F)n(C2CCC2)[nH]c1=O. The van der Waals surface area contributed by atoms with Crippen molar-refractivity contribution >= 4 is 5.69 Å². The maximum absolute atomic E-state index is 12.8. The first-order chi connectivity index (χ1) is 7.45. The summed E-state index contributed by atoms with van der Waals surface area (Å²) in [6.45, 7) is 0. The molecule has 1 aromatic heterocycles. The van der Waals surface area contributed by atoms with E-state index in [1.165, 1.54) is 7.05 Å². The first-order valence-corrected chi connectivity index (χ1v) is 5.04. The molecule has 1 aromatic rings. The Morgan fingerprint density at radius 1 is 1.44 bits per heavy atom. The Morgan fingerprint density at radius 3 is 2.44 bits per heavy atom. The van der Waals surface area contributed by atoms with E-state index in [1.54, 1.807) is 0 Å². The molecule has 16 heavy (non-hydrogen) atoms. The second kappa shape index (κ2) is 3.57. The Balaban J connectivity index is 2.55. The molecule has 0 atom stereocenters. The monoisotopic (exact) mass is 235 g/mol. The number of alkyl halides is 3. The Hall–Kier alpha value is -1.40. The third-order valence-corrected chi connectivity index (χ3v) is 2.89. The molecule has 1 aliphatic carbocycles. The molecule has 0 aromatic carbocycles. The molecule has 1 heterocycles. The number of aromatic nitrogens is 2. The van der Waals surface area contributed by atoms with Crippen LogP contribution in [0.2, 0.25) is 0 Å². The summed E-state index contributed by atoms with van der Waals surface area (Å²) >= 11 is 0. The van der Waals surface area contributed by atoms with Gasteiger partial charge >= 0.3 is 6.18 Å². The van der Waals surface area contributed by atoms with Crippen molar-refractivity contribution in [3.05, 3.63) is 16.0 Å². The average Bonchev–Trinajstić information content (AvgIpc) is 2.38. The molecule has 0 radical (unpaired) electrons. The zero-order chi connectivity index (χ0) is 11.9. The zero-order valence-electron chi connectivity index (χ0n) is 8.69. The molecule has 0 unspecified atom stereocenters. The largest absolute Gasteiger partial charge is 0.435 e. The van der Waals surface area contributed by atoms with Gasteiger partial charge in [-0.1, -0.05) is 0 Å². The van der Waals surface area contributed by atoms with Gasteiger partial charge < -0.3 is 5.32 Å². The van der Waals surface area contributed by atoms with Crippen LogP contribution < -0.4 is 10.9 Å². The number of hydrogen-bond donors (Lipinski definition) is 2. The lowest BCUT2D eigenvalue weighted by atomic mass is 9.93. The van der Waals surface area contributed by atoms with Crippen LogP contribution in [0.25, 0.3) is 0 Å². The molecule has 0 bridgehead atoms. The van der Waals surface area contributed by atoms with E-state index in [0.717, 1.165) is 11.1 Å². The second-order valence-electron chi connectivity index (χ2n) is 3.87. The molecular weight excluding hydrogens is 223 g/mol. The van der Waals surface area contributed by atoms with E-state index < -0.39 is 23.1 Å². The minimum atomic E-state index is -4.52. The van der Waals surface area contributed by atoms with Crippen molar-refractivity contribution in [1.82, 2.24) is 9.78 Å². The number of anilines is 1. The fourth-order valence-corrected chi connectivity index (χ4v) is 1.88. The summed E-state index contributed by atoms with van der Waals surface area (Å²) in [7, 11) is 1.31. The van der Waals surface area contributed by atoms with Crippen molar-refractivity contribution in [2.75, 3.05) is 12.4 Å². The minimum absolute atomic E-state index is 0.230. The Bertz CT molecular complexity index is 442. The molecule has 2 N–H and O–H groups in total. The number of hydrogen-bond acceptors (Lipinski definition) is 2. The molecule has 0 saturated heterocycles. The molecule has 7 heteroatoms. The zero-order valence-corrected chi connectivity index (χ0v) is 8.69. The van der Waals surface area contributed by atoms with Crippen molar-refractivity contribution in [3.8, 4) is 0 Å². The number of halogens is 3. The van der Waals surface area contributed by atoms with Crippen molar-refractivity contribution < 1.29 is 13.2 Å². The number of nitrogens with one attached hydrogen (secondary N) is 2. The van der Waals surface area contributed by atoms with Gasteiger partial charge in [0.05, 0.1) is 6.04 Å². The second-order valence-corrected chi connectivity index (χ2v) is 3.87. The third-order valence-electron chi connectivity index (χ3n) is 2.89. The molecule has 1 saturated carbocycles. The summed E-state index contributed by atoms with van der Waals surface area (Å²) in [6.07, 6.45) is -2.27. The van der Waals surface area contributed by atoms with E-state index in [-0.39, 0.29) is 6.04 Å². The number of nitrogens with zero attached hydrogens (tertiary/aromatic N) is 1. The normalized spacial score (nSPS) is 17.2. The maximum Gasteiger partial charge on any atom is 0.435 e. The van der Waals surface area contributed by atoms with Gasteiger partial charge in [-0.15, -0.1) is 0 Å². The van der Waals surface area contributed by atoms with Crippen molar-refractivity contribution in [1.29, 1.82) is 0 Å². The molecule has 90 valence electrons. The molecule has 0 spiro atoms. The van der Waals surface area contributed by atoms with Crippen molar-refractivity contribution in [2.45, 2.75) is 31.5 Å². The molecule has 1 aliphatic rings. The number of H-pyrrole nitrogens is 1. The fourth-order valence-electron chi connectivity index (χ4n) is 1.88. The van der Waals surface area contributed by atoms with E-state index >= 15 is 0 Å². The smallest absolute Gasteiger partial charge is 0.382 e. The van der Waals surface area contributed by atoms with Crippen LogP contribution in [0.1, 0.15) is 31.0 Å². The standard InChI is InChI=1S/C9H12F3N3O/c1-13-6-7(9(10,11)12)15(14-8(6)16)5-3-2-4-5/h5,13H,2-4H2,1H3,(H,14,16). The maximum atomic E-state index is 12.8. The van der Waals surface area contributed by atoms with Crippen LogP contribution in [0.4, 0.5) is 18.9 Å². The van der Waals surface area contributed by atoms with Crippen LogP contribution in [0.5, 0.6) is 0 Å².